The number of amides is 1. The van der Waals surface area contributed by atoms with Gasteiger partial charge in [-0.15, -0.1) is 0 Å². The van der Waals surface area contributed by atoms with E-state index in [9.17, 15) is 4.79 Å². The van der Waals surface area contributed by atoms with Crippen LogP contribution < -0.4 is 10.6 Å². The lowest BCUT2D eigenvalue weighted by atomic mass is 10.1. The fourth-order valence-corrected chi connectivity index (χ4v) is 3.28. The van der Waals surface area contributed by atoms with E-state index in [4.69, 9.17) is 0 Å². The molecule has 0 spiro atoms. The minimum absolute atomic E-state index is 0.0163. The van der Waals surface area contributed by atoms with Gasteiger partial charge in [-0.25, -0.2) is 4.98 Å². The van der Waals surface area contributed by atoms with Gasteiger partial charge in [-0.05, 0) is 35.2 Å². The third kappa shape index (κ3) is 6.70. The summed E-state index contributed by atoms with van der Waals surface area (Å²) < 4.78 is 2.05. The van der Waals surface area contributed by atoms with Crippen molar-refractivity contribution in [2.45, 2.75) is 19.5 Å². The highest BCUT2D eigenvalue weighted by molar-refractivity contribution is 5.94. The fraction of sp³-hybridized carbons (Fsp3) is 0.292. The summed E-state index contributed by atoms with van der Waals surface area (Å²) in [6.45, 7) is 2.21. The van der Waals surface area contributed by atoms with Gasteiger partial charge in [0, 0.05) is 58.7 Å². The van der Waals surface area contributed by atoms with Crippen LogP contribution in [-0.4, -0.2) is 54.0 Å². The zero-order valence-corrected chi connectivity index (χ0v) is 18.4. The fourth-order valence-electron chi connectivity index (χ4n) is 3.28. The van der Waals surface area contributed by atoms with Gasteiger partial charge >= 0.3 is 0 Å². The summed E-state index contributed by atoms with van der Waals surface area (Å²) in [4.78, 5) is 22.1. The first-order valence-corrected chi connectivity index (χ1v) is 10.3. The minimum Gasteiger partial charge on any atom is -0.356 e. The Labute approximate surface area is 183 Å². The number of carbonyl (C=O) groups is 1. The molecule has 0 saturated carbocycles. The summed E-state index contributed by atoms with van der Waals surface area (Å²) in [6.07, 6.45) is 6.37. The Morgan fingerprint density at radius 1 is 1.06 bits per heavy atom. The van der Waals surface area contributed by atoms with Crippen molar-refractivity contribution in [2.75, 3.05) is 27.7 Å². The minimum atomic E-state index is 0.0163. The number of rotatable bonds is 8. The van der Waals surface area contributed by atoms with E-state index in [1.807, 2.05) is 41.4 Å². The number of hydrogen-bond donors (Lipinski definition) is 2. The SMILES string of the molecule is CN=C(NCCc1cccc(C(=O)N(C)C)c1)NCc1cccc(Cn2ccnc2)c1. The molecule has 0 aliphatic heterocycles. The highest BCUT2D eigenvalue weighted by Crippen LogP contribution is 2.09. The second-order valence-electron chi connectivity index (χ2n) is 7.56. The van der Waals surface area contributed by atoms with Crippen molar-refractivity contribution in [3.63, 3.8) is 0 Å². The Bertz CT molecular complexity index is 1010. The second kappa shape index (κ2) is 11.0. The van der Waals surface area contributed by atoms with Gasteiger partial charge in [-0.1, -0.05) is 36.4 Å². The van der Waals surface area contributed by atoms with Gasteiger partial charge in [0.15, 0.2) is 5.96 Å². The number of nitrogens with zero attached hydrogens (tertiary/aromatic N) is 4. The predicted molar refractivity (Wildman–Crippen MR) is 124 cm³/mol. The summed E-state index contributed by atoms with van der Waals surface area (Å²) >= 11 is 0. The van der Waals surface area contributed by atoms with Gasteiger partial charge in [0.1, 0.15) is 0 Å². The maximum Gasteiger partial charge on any atom is 0.253 e. The molecular formula is C24H30N6O. The molecule has 0 unspecified atom stereocenters. The third-order valence-electron chi connectivity index (χ3n) is 4.89. The number of guanidine groups is 1. The molecule has 7 nitrogen and oxygen atoms in total. The Hall–Kier alpha value is -3.61. The maximum atomic E-state index is 12.1. The van der Waals surface area contributed by atoms with Gasteiger partial charge in [0.05, 0.1) is 6.33 Å². The topological polar surface area (TPSA) is 74.6 Å². The first-order chi connectivity index (χ1) is 15.0. The molecule has 31 heavy (non-hydrogen) atoms. The first-order valence-electron chi connectivity index (χ1n) is 10.3. The Morgan fingerprint density at radius 3 is 2.58 bits per heavy atom. The van der Waals surface area contributed by atoms with Crippen LogP contribution in [0, 0.1) is 0 Å². The van der Waals surface area contributed by atoms with E-state index in [1.165, 1.54) is 11.1 Å². The van der Waals surface area contributed by atoms with Crippen molar-refractivity contribution in [1.82, 2.24) is 25.1 Å². The first kappa shape index (κ1) is 22.1. The Balaban J connectivity index is 1.48. The van der Waals surface area contributed by atoms with Crippen molar-refractivity contribution in [1.29, 1.82) is 0 Å². The van der Waals surface area contributed by atoms with Crippen molar-refractivity contribution in [3.05, 3.63) is 89.5 Å². The zero-order chi connectivity index (χ0) is 22.1. The van der Waals surface area contributed by atoms with Crippen LogP contribution in [-0.2, 0) is 19.5 Å². The summed E-state index contributed by atoms with van der Waals surface area (Å²) in [5.74, 6) is 0.767. The van der Waals surface area contributed by atoms with Crippen LogP contribution in [0.25, 0.3) is 0 Å². The number of aliphatic imine (C=N–C) groups is 1. The summed E-state index contributed by atoms with van der Waals surface area (Å²) in [5.41, 5.74) is 4.24. The van der Waals surface area contributed by atoms with Crippen molar-refractivity contribution in [3.8, 4) is 0 Å². The van der Waals surface area contributed by atoms with Crippen LogP contribution in [0.4, 0.5) is 0 Å². The smallest absolute Gasteiger partial charge is 0.253 e. The Kier molecular flexibility index (Phi) is 7.81. The van der Waals surface area contributed by atoms with Crippen molar-refractivity contribution >= 4 is 11.9 Å². The molecule has 3 rings (SSSR count). The molecule has 1 heterocycles. The number of aromatic nitrogens is 2. The lowest BCUT2D eigenvalue weighted by molar-refractivity contribution is 0.0827. The molecule has 7 heteroatoms. The molecule has 3 aromatic rings. The molecule has 1 aromatic heterocycles. The quantitative estimate of drug-likeness (QED) is 0.436. The number of imidazole rings is 1. The molecule has 0 aliphatic carbocycles. The zero-order valence-electron chi connectivity index (χ0n) is 18.4. The Morgan fingerprint density at radius 2 is 1.84 bits per heavy atom. The molecule has 2 aromatic carbocycles. The molecule has 0 aliphatic rings. The van der Waals surface area contributed by atoms with Crippen molar-refractivity contribution in [2.24, 2.45) is 4.99 Å². The molecular weight excluding hydrogens is 388 g/mol. The van der Waals surface area contributed by atoms with Crippen LogP contribution in [0.3, 0.4) is 0 Å². The predicted octanol–water partition coefficient (Wildman–Crippen LogP) is 2.54. The number of nitrogens with one attached hydrogen (secondary N) is 2. The highest BCUT2D eigenvalue weighted by atomic mass is 16.2. The summed E-state index contributed by atoms with van der Waals surface area (Å²) in [7, 11) is 5.29. The lowest BCUT2D eigenvalue weighted by Crippen LogP contribution is -2.37. The molecule has 162 valence electrons. The van der Waals surface area contributed by atoms with E-state index >= 15 is 0 Å². The molecule has 0 atom stereocenters. The monoisotopic (exact) mass is 418 g/mol. The van der Waals surface area contributed by atoms with Gasteiger partial charge in [-0.2, -0.15) is 0 Å². The van der Waals surface area contributed by atoms with Crippen LogP contribution in [0.15, 0.2) is 72.2 Å². The normalized spacial score (nSPS) is 11.3. The van der Waals surface area contributed by atoms with Gasteiger partial charge < -0.3 is 20.1 Å². The third-order valence-corrected chi connectivity index (χ3v) is 4.89. The average molecular weight is 419 g/mol. The second-order valence-corrected chi connectivity index (χ2v) is 7.56. The standard InChI is InChI=1S/C24H30N6O/c1-25-24(27-11-10-19-6-5-9-22(15-19)23(31)29(2)3)28-16-20-7-4-8-21(14-20)17-30-13-12-26-18-30/h4-9,12-15,18H,10-11,16-17H2,1-3H3,(H2,25,27,28). The van der Waals surface area contributed by atoms with Crippen molar-refractivity contribution < 1.29 is 4.79 Å². The van der Waals surface area contributed by atoms with Crippen LogP contribution >= 0.6 is 0 Å². The van der Waals surface area contributed by atoms with E-state index in [1.54, 1.807) is 32.2 Å². The van der Waals surface area contributed by atoms with E-state index in [0.717, 1.165) is 31.0 Å². The summed E-state index contributed by atoms with van der Waals surface area (Å²) in [5, 5.41) is 6.70. The number of benzene rings is 2. The lowest BCUT2D eigenvalue weighted by Gasteiger charge is -2.14. The van der Waals surface area contributed by atoms with E-state index in [-0.39, 0.29) is 5.91 Å². The van der Waals surface area contributed by atoms with E-state index in [0.29, 0.717) is 12.1 Å². The molecule has 0 saturated heterocycles. The number of carbonyl (C=O) groups excluding carboxylic acids is 1. The number of hydrogen-bond acceptors (Lipinski definition) is 3. The van der Waals surface area contributed by atoms with Gasteiger partial charge in [-0.3, -0.25) is 9.79 Å². The van der Waals surface area contributed by atoms with E-state index in [2.05, 4.69) is 44.9 Å². The largest absolute Gasteiger partial charge is 0.356 e. The molecule has 1 amide bonds. The van der Waals surface area contributed by atoms with Gasteiger partial charge in [0.25, 0.3) is 5.91 Å². The van der Waals surface area contributed by atoms with Crippen LogP contribution in [0.5, 0.6) is 0 Å². The van der Waals surface area contributed by atoms with Gasteiger partial charge in [0.2, 0.25) is 0 Å². The highest BCUT2D eigenvalue weighted by Gasteiger charge is 2.08. The molecule has 0 bridgehead atoms. The summed E-state index contributed by atoms with van der Waals surface area (Å²) in [6, 6.07) is 16.2. The molecule has 0 radical (unpaired) electrons. The van der Waals surface area contributed by atoms with Crippen LogP contribution in [0.1, 0.15) is 27.0 Å². The molecule has 2 N–H and O–H groups in total. The molecule has 0 fully saturated rings. The van der Waals surface area contributed by atoms with E-state index < -0.39 is 0 Å². The maximum absolute atomic E-state index is 12.1. The average Bonchev–Trinajstić information content (AvgIpc) is 3.29. The van der Waals surface area contributed by atoms with Crippen LogP contribution in [0.2, 0.25) is 0 Å².